The van der Waals surface area contributed by atoms with E-state index in [1.807, 2.05) is 42.5 Å². The Balaban J connectivity index is 1.61. The van der Waals surface area contributed by atoms with Gasteiger partial charge < -0.3 is 14.6 Å². The molecule has 3 heterocycles. The molecular weight excluding hydrogens is 452 g/mol. The van der Waals surface area contributed by atoms with Gasteiger partial charge in [0.2, 0.25) is 0 Å². The van der Waals surface area contributed by atoms with Crippen LogP contribution in [0.25, 0.3) is 21.8 Å². The number of aryl methyl sites for hydroxylation is 1. The van der Waals surface area contributed by atoms with Crippen molar-refractivity contribution in [1.29, 1.82) is 0 Å². The molecule has 0 radical (unpaired) electrons. The highest BCUT2D eigenvalue weighted by Crippen LogP contribution is 2.28. The van der Waals surface area contributed by atoms with Gasteiger partial charge in [0.15, 0.2) is 0 Å². The zero-order valence-electron chi connectivity index (χ0n) is 20.9. The lowest BCUT2D eigenvalue weighted by molar-refractivity contribution is 0.0502. The van der Waals surface area contributed by atoms with E-state index in [0.717, 1.165) is 47.8 Å². The number of aromatic nitrogens is 3. The van der Waals surface area contributed by atoms with Gasteiger partial charge in [-0.2, -0.15) is 0 Å². The molecule has 1 atom stereocenters. The van der Waals surface area contributed by atoms with E-state index in [9.17, 15) is 9.59 Å². The summed E-state index contributed by atoms with van der Waals surface area (Å²) < 4.78 is 5.91. The minimum Gasteiger partial charge on any atom is -0.376 e. The summed E-state index contributed by atoms with van der Waals surface area (Å²) in [6.07, 6.45) is 4.34. The maximum Gasteiger partial charge on any atom is 0.258 e. The lowest BCUT2D eigenvalue weighted by atomic mass is 9.95. The third-order valence-electron chi connectivity index (χ3n) is 6.87. The molecule has 0 aliphatic carbocycles. The fourth-order valence-electron chi connectivity index (χ4n) is 5.17. The summed E-state index contributed by atoms with van der Waals surface area (Å²) in [6.45, 7) is 5.55. The van der Waals surface area contributed by atoms with Gasteiger partial charge in [-0.15, -0.1) is 0 Å². The molecule has 0 saturated carbocycles. The first-order valence-corrected chi connectivity index (χ1v) is 12.9. The summed E-state index contributed by atoms with van der Waals surface area (Å²) in [4.78, 5) is 41.4. The molecule has 1 N–H and O–H groups in total. The van der Waals surface area contributed by atoms with Crippen LogP contribution in [-0.4, -0.2) is 45.0 Å². The average Bonchev–Trinajstić information content (AvgIpc) is 3.40. The van der Waals surface area contributed by atoms with Crippen LogP contribution >= 0.6 is 0 Å². The summed E-state index contributed by atoms with van der Waals surface area (Å²) in [5.41, 5.74) is 3.93. The van der Waals surface area contributed by atoms with E-state index < -0.39 is 0 Å². The molecule has 1 aliphatic rings. The Hall–Kier alpha value is -3.58. The molecule has 0 unspecified atom stereocenters. The fourth-order valence-corrected chi connectivity index (χ4v) is 5.17. The smallest absolute Gasteiger partial charge is 0.258 e. The highest BCUT2D eigenvalue weighted by Gasteiger charge is 2.28. The number of H-pyrrole nitrogens is 1. The number of benzene rings is 2. The van der Waals surface area contributed by atoms with Crippen molar-refractivity contribution in [3.63, 3.8) is 0 Å². The lowest BCUT2D eigenvalue weighted by Gasteiger charge is -2.27. The van der Waals surface area contributed by atoms with Gasteiger partial charge in [0.25, 0.3) is 11.5 Å². The summed E-state index contributed by atoms with van der Waals surface area (Å²) in [7, 11) is 0. The Kier molecular flexibility index (Phi) is 7.09. The minimum atomic E-state index is -0.200. The first-order chi connectivity index (χ1) is 17.6. The van der Waals surface area contributed by atoms with Crippen molar-refractivity contribution in [2.75, 3.05) is 13.2 Å². The number of ether oxygens (including phenoxy) is 1. The molecule has 7 nitrogen and oxygen atoms in total. The van der Waals surface area contributed by atoms with Gasteiger partial charge in [-0.1, -0.05) is 50.6 Å². The summed E-state index contributed by atoms with van der Waals surface area (Å²) in [6, 6.07) is 15.1. The van der Waals surface area contributed by atoms with Crippen molar-refractivity contribution in [3.8, 4) is 0 Å². The molecule has 5 rings (SSSR count). The Morgan fingerprint density at radius 1 is 1.06 bits per heavy atom. The molecule has 7 heteroatoms. The van der Waals surface area contributed by atoms with Crippen LogP contribution in [0.2, 0.25) is 0 Å². The standard InChI is InChI=1S/C29H32N4O3/c1-3-10-23-20(4-2)27(21-12-5-7-14-24(21)30-23)29(35)33(17-19-11-9-16-36-19)18-26-31-25-15-8-6-13-22(25)28(34)32-26/h5-8,12-15,19H,3-4,9-11,16-18H2,1-2H3,(H,31,32,34)/t19-/m0/s1. The first kappa shape index (κ1) is 24.1. The maximum atomic E-state index is 14.4. The summed E-state index contributed by atoms with van der Waals surface area (Å²) in [5.74, 6) is 0.393. The number of fused-ring (bicyclic) bond motifs is 2. The topological polar surface area (TPSA) is 88.2 Å². The zero-order chi connectivity index (χ0) is 25.1. The van der Waals surface area contributed by atoms with Gasteiger partial charge in [-0.05, 0) is 49.4 Å². The van der Waals surface area contributed by atoms with Gasteiger partial charge in [0.05, 0.1) is 34.6 Å². The van der Waals surface area contributed by atoms with E-state index in [1.54, 1.807) is 11.0 Å². The van der Waals surface area contributed by atoms with Gasteiger partial charge >= 0.3 is 0 Å². The van der Waals surface area contributed by atoms with Gasteiger partial charge in [0, 0.05) is 24.2 Å². The van der Waals surface area contributed by atoms with Gasteiger partial charge in [0.1, 0.15) is 5.82 Å². The van der Waals surface area contributed by atoms with Gasteiger partial charge in [-0.3, -0.25) is 14.6 Å². The summed E-state index contributed by atoms with van der Waals surface area (Å²) >= 11 is 0. The normalized spacial score (nSPS) is 15.6. The number of pyridine rings is 1. The van der Waals surface area contributed by atoms with E-state index in [0.29, 0.717) is 41.9 Å². The second kappa shape index (κ2) is 10.6. The summed E-state index contributed by atoms with van der Waals surface area (Å²) in [5, 5.41) is 1.40. The Morgan fingerprint density at radius 3 is 2.47 bits per heavy atom. The molecule has 1 amide bonds. The zero-order valence-corrected chi connectivity index (χ0v) is 20.9. The van der Waals surface area contributed by atoms with Crippen LogP contribution in [0.1, 0.15) is 60.5 Å². The number of nitrogens with zero attached hydrogens (tertiary/aromatic N) is 3. The van der Waals surface area contributed by atoms with Crippen LogP contribution in [0.5, 0.6) is 0 Å². The van der Waals surface area contributed by atoms with Crippen molar-refractivity contribution in [2.45, 2.75) is 58.6 Å². The number of nitrogens with one attached hydrogen (secondary N) is 1. The first-order valence-electron chi connectivity index (χ1n) is 12.9. The van der Waals surface area contributed by atoms with Crippen molar-refractivity contribution in [1.82, 2.24) is 19.9 Å². The molecule has 1 aliphatic heterocycles. The van der Waals surface area contributed by atoms with Crippen molar-refractivity contribution in [3.05, 3.63) is 81.5 Å². The van der Waals surface area contributed by atoms with Crippen LogP contribution in [0.15, 0.2) is 53.3 Å². The molecule has 4 aromatic rings. The van der Waals surface area contributed by atoms with E-state index in [-0.39, 0.29) is 24.1 Å². The molecule has 1 fully saturated rings. The third-order valence-corrected chi connectivity index (χ3v) is 6.87. The minimum absolute atomic E-state index is 0.0329. The number of amides is 1. The van der Waals surface area contributed by atoms with Crippen LogP contribution in [0.3, 0.4) is 0 Å². The maximum absolute atomic E-state index is 14.4. The number of para-hydroxylation sites is 2. The average molecular weight is 485 g/mol. The highest BCUT2D eigenvalue weighted by molar-refractivity contribution is 6.07. The van der Waals surface area contributed by atoms with Crippen LogP contribution in [-0.2, 0) is 24.1 Å². The third kappa shape index (κ3) is 4.75. The SMILES string of the molecule is CCCc1nc2ccccc2c(C(=O)N(Cc2nc3ccccc3c(=O)[nH]2)C[C@@H]2CCCO2)c1CC. The number of carbonyl (C=O) groups is 1. The van der Waals surface area contributed by atoms with Crippen molar-refractivity contribution >= 4 is 27.7 Å². The molecule has 2 aromatic heterocycles. The van der Waals surface area contributed by atoms with Crippen LogP contribution in [0, 0.1) is 0 Å². The number of aromatic amines is 1. The number of hydrogen-bond acceptors (Lipinski definition) is 5. The fraction of sp³-hybridized carbons (Fsp3) is 0.379. The highest BCUT2D eigenvalue weighted by atomic mass is 16.5. The second-order valence-corrected chi connectivity index (χ2v) is 9.38. The Labute approximate surface area is 210 Å². The van der Waals surface area contributed by atoms with Gasteiger partial charge in [-0.25, -0.2) is 4.98 Å². The van der Waals surface area contributed by atoms with E-state index in [2.05, 4.69) is 23.8 Å². The molecule has 0 bridgehead atoms. The second-order valence-electron chi connectivity index (χ2n) is 9.38. The predicted molar refractivity (Wildman–Crippen MR) is 141 cm³/mol. The molecule has 2 aromatic carbocycles. The Bertz CT molecular complexity index is 1460. The largest absolute Gasteiger partial charge is 0.376 e. The number of hydrogen-bond donors (Lipinski definition) is 1. The van der Waals surface area contributed by atoms with Crippen molar-refractivity contribution < 1.29 is 9.53 Å². The monoisotopic (exact) mass is 484 g/mol. The predicted octanol–water partition coefficient (Wildman–Crippen LogP) is 4.81. The van der Waals surface area contributed by atoms with Crippen molar-refractivity contribution in [2.24, 2.45) is 0 Å². The number of carbonyl (C=O) groups excluding carboxylic acids is 1. The van der Waals surface area contributed by atoms with E-state index in [4.69, 9.17) is 9.72 Å². The quantitative estimate of drug-likeness (QED) is 0.388. The van der Waals surface area contributed by atoms with E-state index >= 15 is 0 Å². The molecule has 186 valence electrons. The lowest BCUT2D eigenvalue weighted by Crippen LogP contribution is -2.38. The molecule has 36 heavy (non-hydrogen) atoms. The van der Waals surface area contributed by atoms with Crippen LogP contribution < -0.4 is 5.56 Å². The molecule has 1 saturated heterocycles. The number of rotatable bonds is 8. The molecule has 0 spiro atoms. The Morgan fingerprint density at radius 2 is 1.78 bits per heavy atom. The molecular formula is C29H32N4O3. The van der Waals surface area contributed by atoms with E-state index in [1.165, 1.54) is 0 Å². The van der Waals surface area contributed by atoms with Crippen LogP contribution in [0.4, 0.5) is 0 Å².